The molecule has 0 bridgehead atoms. The summed E-state index contributed by atoms with van der Waals surface area (Å²) in [6.07, 6.45) is 0.698. The fourth-order valence-electron chi connectivity index (χ4n) is 1.22. The minimum absolute atomic E-state index is 0.116. The van der Waals surface area contributed by atoms with Gasteiger partial charge in [0.2, 0.25) is 0 Å². The van der Waals surface area contributed by atoms with Crippen molar-refractivity contribution in [1.29, 1.82) is 0 Å². The number of hydrogen-bond donors (Lipinski definition) is 1. The van der Waals surface area contributed by atoms with Gasteiger partial charge in [0.05, 0.1) is 0 Å². The van der Waals surface area contributed by atoms with Crippen LogP contribution >= 0.6 is 0 Å². The van der Waals surface area contributed by atoms with Crippen molar-refractivity contribution in [3.63, 3.8) is 0 Å². The Kier molecular flexibility index (Phi) is 1.35. The van der Waals surface area contributed by atoms with E-state index in [2.05, 4.69) is 0 Å². The van der Waals surface area contributed by atoms with Crippen molar-refractivity contribution in [3.8, 4) is 0 Å². The maximum absolute atomic E-state index is 10.9. The van der Waals surface area contributed by atoms with Gasteiger partial charge in [-0.2, -0.15) is 0 Å². The minimum atomic E-state index is -0.116. The van der Waals surface area contributed by atoms with Crippen molar-refractivity contribution >= 4 is 5.78 Å². The second kappa shape index (κ2) is 1.81. The van der Waals surface area contributed by atoms with Gasteiger partial charge in [0, 0.05) is 11.8 Å². The average molecular weight is 127 g/mol. The van der Waals surface area contributed by atoms with Crippen molar-refractivity contribution in [3.05, 3.63) is 0 Å². The lowest BCUT2D eigenvalue weighted by atomic mass is 9.61. The second-order valence-corrected chi connectivity index (χ2v) is 3.28. The van der Waals surface area contributed by atoms with Crippen LogP contribution in [0.1, 0.15) is 20.3 Å². The Balaban J connectivity index is 2.58. The molecule has 0 aliphatic heterocycles. The third kappa shape index (κ3) is 0.778. The van der Waals surface area contributed by atoms with Crippen molar-refractivity contribution in [1.82, 2.24) is 0 Å². The van der Waals surface area contributed by atoms with E-state index in [-0.39, 0.29) is 5.41 Å². The molecule has 0 aromatic rings. The van der Waals surface area contributed by atoms with Crippen LogP contribution in [-0.2, 0) is 4.79 Å². The van der Waals surface area contributed by atoms with Crippen LogP contribution in [0.2, 0.25) is 0 Å². The smallest absolute Gasteiger partial charge is 0.139 e. The van der Waals surface area contributed by atoms with Gasteiger partial charge in [0.25, 0.3) is 0 Å². The highest BCUT2D eigenvalue weighted by Gasteiger charge is 2.45. The van der Waals surface area contributed by atoms with Crippen LogP contribution in [0.15, 0.2) is 0 Å². The van der Waals surface area contributed by atoms with E-state index in [1.54, 1.807) is 0 Å². The van der Waals surface area contributed by atoms with E-state index < -0.39 is 0 Å². The van der Waals surface area contributed by atoms with Gasteiger partial charge in [-0.25, -0.2) is 0 Å². The molecule has 1 saturated carbocycles. The van der Waals surface area contributed by atoms with Gasteiger partial charge >= 0.3 is 0 Å². The SMILES string of the molecule is CC1(C)C(=O)CC1CN. The molecular weight excluding hydrogens is 114 g/mol. The number of ketones is 1. The van der Waals surface area contributed by atoms with Gasteiger partial charge in [-0.15, -0.1) is 0 Å². The van der Waals surface area contributed by atoms with E-state index in [4.69, 9.17) is 5.73 Å². The third-order valence-electron chi connectivity index (χ3n) is 2.46. The Labute approximate surface area is 55.4 Å². The fourth-order valence-corrected chi connectivity index (χ4v) is 1.22. The van der Waals surface area contributed by atoms with Crippen molar-refractivity contribution in [2.24, 2.45) is 17.1 Å². The summed E-state index contributed by atoms with van der Waals surface area (Å²) in [7, 11) is 0. The zero-order valence-electron chi connectivity index (χ0n) is 5.98. The Bertz CT molecular complexity index is 140. The molecule has 2 N–H and O–H groups in total. The normalized spacial score (nSPS) is 31.9. The molecule has 1 rings (SSSR count). The van der Waals surface area contributed by atoms with Crippen molar-refractivity contribution in [2.45, 2.75) is 20.3 Å². The van der Waals surface area contributed by atoms with Gasteiger partial charge in [0.15, 0.2) is 0 Å². The molecule has 0 spiro atoms. The van der Waals surface area contributed by atoms with Crippen LogP contribution in [-0.4, -0.2) is 12.3 Å². The molecule has 0 radical (unpaired) electrons. The first-order chi connectivity index (χ1) is 4.09. The van der Waals surface area contributed by atoms with Crippen LogP contribution in [0.4, 0.5) is 0 Å². The molecule has 0 heterocycles. The Hall–Kier alpha value is -0.370. The number of carbonyl (C=O) groups excluding carboxylic acids is 1. The van der Waals surface area contributed by atoms with E-state index in [0.717, 1.165) is 0 Å². The first-order valence-corrected chi connectivity index (χ1v) is 3.32. The highest BCUT2D eigenvalue weighted by atomic mass is 16.1. The number of Topliss-reactive ketones (excluding diaryl/α,β-unsaturated/α-hetero) is 1. The van der Waals surface area contributed by atoms with Crippen molar-refractivity contribution in [2.75, 3.05) is 6.54 Å². The Morgan fingerprint density at radius 3 is 2.44 bits per heavy atom. The van der Waals surface area contributed by atoms with E-state index in [9.17, 15) is 4.79 Å². The predicted molar refractivity (Wildman–Crippen MR) is 35.9 cm³/mol. The maximum atomic E-state index is 10.9. The number of nitrogens with two attached hydrogens (primary N) is 1. The summed E-state index contributed by atoms with van der Waals surface area (Å²) >= 11 is 0. The van der Waals surface area contributed by atoms with E-state index in [0.29, 0.717) is 24.7 Å². The van der Waals surface area contributed by atoms with Crippen molar-refractivity contribution < 1.29 is 4.79 Å². The zero-order chi connectivity index (χ0) is 7.07. The molecule has 2 heteroatoms. The summed E-state index contributed by atoms with van der Waals surface area (Å²) in [5.74, 6) is 0.794. The summed E-state index contributed by atoms with van der Waals surface area (Å²) in [4.78, 5) is 10.9. The first-order valence-electron chi connectivity index (χ1n) is 3.32. The summed E-state index contributed by atoms with van der Waals surface area (Å²) < 4.78 is 0. The van der Waals surface area contributed by atoms with Crippen LogP contribution in [0.25, 0.3) is 0 Å². The first kappa shape index (κ1) is 6.75. The molecule has 1 aliphatic rings. The summed E-state index contributed by atoms with van der Waals surface area (Å²) in [6, 6.07) is 0. The summed E-state index contributed by atoms with van der Waals surface area (Å²) in [6.45, 7) is 4.59. The molecule has 9 heavy (non-hydrogen) atoms. The molecule has 0 aromatic heterocycles. The molecule has 0 aromatic carbocycles. The number of hydrogen-bond acceptors (Lipinski definition) is 2. The van der Waals surface area contributed by atoms with Gasteiger partial charge < -0.3 is 5.73 Å². The molecule has 1 fully saturated rings. The topological polar surface area (TPSA) is 43.1 Å². The standard InChI is InChI=1S/C7H13NO/c1-7(2)5(4-8)3-6(7)9/h5H,3-4,8H2,1-2H3. The summed E-state index contributed by atoms with van der Waals surface area (Å²) in [5, 5.41) is 0. The van der Waals surface area contributed by atoms with Gasteiger partial charge in [-0.1, -0.05) is 13.8 Å². The second-order valence-electron chi connectivity index (χ2n) is 3.28. The average Bonchev–Trinajstić information content (AvgIpc) is 1.82. The quantitative estimate of drug-likeness (QED) is 0.559. The van der Waals surface area contributed by atoms with Crippen LogP contribution in [0.5, 0.6) is 0 Å². The monoisotopic (exact) mass is 127 g/mol. The van der Waals surface area contributed by atoms with Crippen LogP contribution in [0, 0.1) is 11.3 Å². The molecule has 1 atom stereocenters. The molecule has 1 aliphatic carbocycles. The zero-order valence-corrected chi connectivity index (χ0v) is 5.98. The molecule has 52 valence electrons. The lowest BCUT2D eigenvalue weighted by molar-refractivity contribution is -0.141. The number of carbonyl (C=O) groups is 1. The van der Waals surface area contributed by atoms with Crippen LogP contribution < -0.4 is 5.73 Å². The molecular formula is C7H13NO. The lowest BCUT2D eigenvalue weighted by Crippen LogP contribution is -2.48. The van der Waals surface area contributed by atoms with E-state index in [1.807, 2.05) is 13.8 Å². The van der Waals surface area contributed by atoms with Gasteiger partial charge in [-0.3, -0.25) is 4.79 Å². The lowest BCUT2D eigenvalue weighted by Gasteiger charge is -2.41. The fraction of sp³-hybridized carbons (Fsp3) is 0.857. The highest BCUT2D eigenvalue weighted by molar-refractivity contribution is 5.90. The number of rotatable bonds is 1. The Morgan fingerprint density at radius 1 is 1.78 bits per heavy atom. The van der Waals surface area contributed by atoms with E-state index in [1.165, 1.54) is 0 Å². The summed E-state index contributed by atoms with van der Waals surface area (Å²) in [5.41, 5.74) is 5.30. The highest BCUT2D eigenvalue weighted by Crippen LogP contribution is 2.41. The van der Waals surface area contributed by atoms with Gasteiger partial charge in [0.1, 0.15) is 5.78 Å². The third-order valence-corrected chi connectivity index (χ3v) is 2.46. The molecule has 0 amide bonds. The van der Waals surface area contributed by atoms with Gasteiger partial charge in [-0.05, 0) is 12.5 Å². The van der Waals surface area contributed by atoms with Crippen LogP contribution in [0.3, 0.4) is 0 Å². The maximum Gasteiger partial charge on any atom is 0.139 e. The minimum Gasteiger partial charge on any atom is -0.330 e. The Morgan fingerprint density at radius 2 is 2.33 bits per heavy atom. The molecule has 1 unspecified atom stereocenters. The molecule has 2 nitrogen and oxygen atoms in total. The van der Waals surface area contributed by atoms with E-state index >= 15 is 0 Å². The predicted octanol–water partition coefficient (Wildman–Crippen LogP) is 0.560. The molecule has 0 saturated heterocycles. The largest absolute Gasteiger partial charge is 0.330 e.